The number of carbonyl (C=O) groups is 2. The molecule has 2 N–H and O–H groups in total. The fraction of sp³-hybridized carbons (Fsp3) is 0.267. The van der Waals surface area contributed by atoms with Gasteiger partial charge in [0, 0.05) is 22.6 Å². The zero-order valence-electron chi connectivity index (χ0n) is 12.5. The minimum absolute atomic E-state index is 0.0888. The maximum absolute atomic E-state index is 11.7. The van der Waals surface area contributed by atoms with Crippen LogP contribution < -0.4 is 5.32 Å². The number of carbonyl (C=O) groups excluding carboxylic acids is 1. The lowest BCUT2D eigenvalue weighted by Gasteiger charge is -2.14. The molecule has 0 aliphatic carbocycles. The number of hydrogen-bond donors (Lipinski definition) is 2. The molecule has 24 heavy (non-hydrogen) atoms. The van der Waals surface area contributed by atoms with Gasteiger partial charge in [0.15, 0.2) is 4.47 Å². The maximum Gasteiger partial charge on any atom is 0.408 e. The summed E-state index contributed by atoms with van der Waals surface area (Å²) in [5, 5.41) is 11.6. The SMILES string of the molecule is O=C(NC(CSCc1cnc(Cl)s1)C(=O)O)OCc1ccccc1. The number of carboxylic acid groups (broad SMARTS) is 1. The highest BCUT2D eigenvalue weighted by Crippen LogP contribution is 2.22. The van der Waals surface area contributed by atoms with Crippen LogP contribution in [-0.4, -0.2) is 33.9 Å². The summed E-state index contributed by atoms with van der Waals surface area (Å²) in [4.78, 5) is 27.8. The van der Waals surface area contributed by atoms with Crippen molar-refractivity contribution < 1.29 is 19.4 Å². The van der Waals surface area contributed by atoms with Gasteiger partial charge in [-0.2, -0.15) is 11.8 Å². The van der Waals surface area contributed by atoms with Crippen molar-refractivity contribution in [3.05, 3.63) is 51.4 Å². The molecule has 0 aliphatic rings. The van der Waals surface area contributed by atoms with Gasteiger partial charge in [-0.3, -0.25) is 0 Å². The molecular weight excluding hydrogens is 372 g/mol. The highest BCUT2D eigenvalue weighted by molar-refractivity contribution is 7.98. The zero-order chi connectivity index (χ0) is 17.4. The van der Waals surface area contributed by atoms with Crippen LogP contribution in [-0.2, 0) is 21.9 Å². The predicted octanol–water partition coefficient (Wildman–Crippen LogP) is 3.41. The third-order valence-corrected chi connectivity index (χ3v) is 5.24. The summed E-state index contributed by atoms with van der Waals surface area (Å²) in [6.07, 6.45) is 0.893. The van der Waals surface area contributed by atoms with E-state index in [1.807, 2.05) is 30.3 Å². The molecular formula is C15H15ClN2O4S2. The predicted molar refractivity (Wildman–Crippen MR) is 94.5 cm³/mol. The number of aromatic nitrogens is 1. The zero-order valence-corrected chi connectivity index (χ0v) is 14.9. The number of alkyl carbamates (subject to hydrolysis) is 1. The molecule has 0 spiro atoms. The first-order chi connectivity index (χ1) is 11.5. The summed E-state index contributed by atoms with van der Waals surface area (Å²) in [5.41, 5.74) is 0.830. The third-order valence-electron chi connectivity index (χ3n) is 2.86. The number of thioether (sulfide) groups is 1. The molecule has 1 aromatic carbocycles. The molecule has 1 unspecified atom stereocenters. The van der Waals surface area contributed by atoms with Gasteiger partial charge < -0.3 is 15.2 Å². The van der Waals surface area contributed by atoms with E-state index >= 15 is 0 Å². The Kier molecular flexibility index (Phi) is 7.36. The molecule has 2 rings (SSSR count). The van der Waals surface area contributed by atoms with E-state index in [1.165, 1.54) is 23.1 Å². The van der Waals surface area contributed by atoms with Gasteiger partial charge in [-0.05, 0) is 5.56 Å². The number of nitrogens with zero attached hydrogens (tertiary/aromatic N) is 1. The second kappa shape index (κ2) is 9.51. The Balaban J connectivity index is 1.75. The quantitative estimate of drug-likeness (QED) is 0.722. The van der Waals surface area contributed by atoms with Gasteiger partial charge in [-0.1, -0.05) is 41.9 Å². The first kappa shape index (κ1) is 18.6. The minimum atomic E-state index is -1.11. The Labute approximate surface area is 152 Å². The van der Waals surface area contributed by atoms with Crippen molar-refractivity contribution in [3.8, 4) is 0 Å². The summed E-state index contributed by atoms with van der Waals surface area (Å²) >= 11 is 8.45. The molecule has 1 atom stereocenters. The first-order valence-corrected chi connectivity index (χ1v) is 9.27. The second-order valence-corrected chi connectivity index (χ2v) is 7.42. The Morgan fingerprint density at radius 3 is 2.75 bits per heavy atom. The molecule has 1 heterocycles. The van der Waals surface area contributed by atoms with Gasteiger partial charge in [0.25, 0.3) is 0 Å². The normalized spacial score (nSPS) is 11.7. The standard InChI is InChI=1S/C15H15ClN2O4S2/c16-14-17-6-11(24-14)8-23-9-12(13(19)20)18-15(21)22-7-10-4-2-1-3-5-10/h1-6,12H,7-9H2,(H,18,21)(H,19,20). The van der Waals surface area contributed by atoms with Crippen molar-refractivity contribution in [1.82, 2.24) is 10.3 Å². The van der Waals surface area contributed by atoms with E-state index in [4.69, 9.17) is 16.3 Å². The summed E-state index contributed by atoms with van der Waals surface area (Å²) < 4.78 is 5.48. The number of hydrogen-bond acceptors (Lipinski definition) is 6. The van der Waals surface area contributed by atoms with E-state index in [1.54, 1.807) is 6.20 Å². The van der Waals surface area contributed by atoms with E-state index in [2.05, 4.69) is 10.3 Å². The molecule has 0 fully saturated rings. The van der Waals surface area contributed by atoms with E-state index in [9.17, 15) is 14.7 Å². The number of amides is 1. The number of ether oxygens (including phenoxy) is 1. The highest BCUT2D eigenvalue weighted by Gasteiger charge is 2.20. The number of aliphatic carboxylic acids is 1. The van der Waals surface area contributed by atoms with Gasteiger partial charge in [-0.15, -0.1) is 11.3 Å². The molecule has 1 amide bonds. The third kappa shape index (κ3) is 6.38. The average Bonchev–Trinajstić information content (AvgIpc) is 2.98. The van der Waals surface area contributed by atoms with Gasteiger partial charge in [0.2, 0.25) is 0 Å². The smallest absolute Gasteiger partial charge is 0.408 e. The molecule has 9 heteroatoms. The maximum atomic E-state index is 11.7. The molecule has 2 aromatic rings. The van der Waals surface area contributed by atoms with E-state index in [-0.39, 0.29) is 12.4 Å². The van der Waals surface area contributed by atoms with Crippen LogP contribution in [0.25, 0.3) is 0 Å². The molecule has 128 valence electrons. The van der Waals surface area contributed by atoms with Crippen molar-refractivity contribution in [2.45, 2.75) is 18.4 Å². The lowest BCUT2D eigenvalue weighted by molar-refractivity contribution is -0.138. The largest absolute Gasteiger partial charge is 0.480 e. The van der Waals surface area contributed by atoms with Crippen molar-refractivity contribution in [2.24, 2.45) is 0 Å². The van der Waals surface area contributed by atoms with Gasteiger partial charge >= 0.3 is 12.1 Å². The number of nitrogens with one attached hydrogen (secondary N) is 1. The molecule has 0 bridgehead atoms. The first-order valence-electron chi connectivity index (χ1n) is 6.92. The molecule has 6 nitrogen and oxygen atoms in total. The van der Waals surface area contributed by atoms with Gasteiger partial charge in [0.1, 0.15) is 12.6 Å². The van der Waals surface area contributed by atoms with Crippen LogP contribution in [0.3, 0.4) is 0 Å². The number of thiazole rings is 1. The van der Waals surface area contributed by atoms with Crippen LogP contribution >= 0.6 is 34.7 Å². The fourth-order valence-electron chi connectivity index (χ4n) is 1.71. The highest BCUT2D eigenvalue weighted by atomic mass is 35.5. The van der Waals surface area contributed by atoms with Crippen LogP contribution in [0.2, 0.25) is 4.47 Å². The van der Waals surface area contributed by atoms with Crippen LogP contribution in [0.5, 0.6) is 0 Å². The number of carboxylic acids is 1. The number of halogens is 1. The monoisotopic (exact) mass is 386 g/mol. The Morgan fingerprint density at radius 1 is 1.38 bits per heavy atom. The van der Waals surface area contributed by atoms with Crippen molar-refractivity contribution >= 4 is 46.8 Å². The van der Waals surface area contributed by atoms with Crippen LogP contribution in [0.15, 0.2) is 36.5 Å². The molecule has 0 aliphatic heterocycles. The van der Waals surface area contributed by atoms with Crippen molar-refractivity contribution in [3.63, 3.8) is 0 Å². The van der Waals surface area contributed by atoms with Crippen LogP contribution in [0.1, 0.15) is 10.4 Å². The van der Waals surface area contributed by atoms with E-state index < -0.39 is 18.1 Å². The van der Waals surface area contributed by atoms with E-state index in [0.717, 1.165) is 10.4 Å². The van der Waals surface area contributed by atoms with Crippen LogP contribution in [0, 0.1) is 0 Å². The Bertz CT molecular complexity index is 681. The van der Waals surface area contributed by atoms with Crippen molar-refractivity contribution in [2.75, 3.05) is 5.75 Å². The van der Waals surface area contributed by atoms with E-state index in [0.29, 0.717) is 10.2 Å². The van der Waals surface area contributed by atoms with Gasteiger partial charge in [-0.25, -0.2) is 14.6 Å². The van der Waals surface area contributed by atoms with Crippen molar-refractivity contribution in [1.29, 1.82) is 0 Å². The molecule has 1 aromatic heterocycles. The number of benzene rings is 1. The lowest BCUT2D eigenvalue weighted by Crippen LogP contribution is -2.42. The Hall–Kier alpha value is -1.77. The molecule has 0 saturated heterocycles. The summed E-state index contributed by atoms with van der Waals surface area (Å²) in [6.45, 7) is 0.0888. The summed E-state index contributed by atoms with van der Waals surface area (Å²) in [5.74, 6) is -0.318. The topological polar surface area (TPSA) is 88.5 Å². The molecule has 0 saturated carbocycles. The molecule has 0 radical (unpaired) electrons. The average molecular weight is 387 g/mol. The second-order valence-electron chi connectivity index (χ2n) is 4.69. The van der Waals surface area contributed by atoms with Gasteiger partial charge in [0.05, 0.1) is 0 Å². The fourth-order valence-corrected chi connectivity index (χ4v) is 3.82. The van der Waals surface area contributed by atoms with Crippen LogP contribution in [0.4, 0.5) is 4.79 Å². The minimum Gasteiger partial charge on any atom is -0.480 e. The number of rotatable bonds is 8. The lowest BCUT2D eigenvalue weighted by atomic mass is 10.2. The summed E-state index contributed by atoms with van der Waals surface area (Å²) in [6, 6.07) is 8.13. The Morgan fingerprint density at radius 2 is 2.12 bits per heavy atom. The summed E-state index contributed by atoms with van der Waals surface area (Å²) in [7, 11) is 0.